The molecule has 0 aliphatic carbocycles. The van der Waals surface area contributed by atoms with Gasteiger partial charge in [0, 0.05) is 7.11 Å². The highest BCUT2D eigenvalue weighted by Crippen LogP contribution is 2.29. The van der Waals surface area contributed by atoms with Gasteiger partial charge < -0.3 is 14.8 Å². The van der Waals surface area contributed by atoms with E-state index in [1.54, 1.807) is 7.11 Å². The fraction of sp³-hybridized carbons (Fsp3) is 0.846. The number of methoxy groups -OCH3 is 1. The second-order valence-corrected chi connectivity index (χ2v) is 5.46. The van der Waals surface area contributed by atoms with E-state index >= 15 is 0 Å². The molecule has 94 valence electrons. The molecule has 0 aromatic rings. The van der Waals surface area contributed by atoms with Gasteiger partial charge in [-0.3, -0.25) is 0 Å². The highest BCUT2D eigenvalue weighted by atomic mass is 16.5. The third-order valence-corrected chi connectivity index (χ3v) is 3.08. The van der Waals surface area contributed by atoms with Crippen molar-refractivity contribution in [3.63, 3.8) is 0 Å². The molecular weight excluding hydrogens is 202 g/mol. The van der Waals surface area contributed by atoms with Crippen molar-refractivity contribution in [3.05, 3.63) is 11.8 Å². The molecule has 0 spiro atoms. The first-order valence-electron chi connectivity index (χ1n) is 6.01. The van der Waals surface area contributed by atoms with Gasteiger partial charge in [0.25, 0.3) is 0 Å². The van der Waals surface area contributed by atoms with Crippen LogP contribution in [-0.2, 0) is 9.47 Å². The Bertz CT molecular complexity index is 243. The number of ether oxygens (including phenoxy) is 2. The molecule has 2 unspecified atom stereocenters. The summed E-state index contributed by atoms with van der Waals surface area (Å²) in [6, 6.07) is 0.241. The Balaban J connectivity index is 2.82. The molecule has 0 aromatic heterocycles. The molecule has 0 saturated heterocycles. The highest BCUT2D eigenvalue weighted by molar-refractivity contribution is 5.14. The minimum atomic E-state index is 0.112. The second kappa shape index (κ2) is 5.69. The van der Waals surface area contributed by atoms with E-state index < -0.39 is 0 Å². The number of hydrogen-bond acceptors (Lipinski definition) is 3. The first-order chi connectivity index (χ1) is 7.50. The summed E-state index contributed by atoms with van der Waals surface area (Å²) < 4.78 is 11.1. The van der Waals surface area contributed by atoms with Gasteiger partial charge in [0.1, 0.15) is 0 Å². The van der Waals surface area contributed by atoms with Crippen LogP contribution in [0.15, 0.2) is 11.8 Å². The average molecular weight is 227 g/mol. The summed E-state index contributed by atoms with van der Waals surface area (Å²) in [5.74, 6) is 0. The van der Waals surface area contributed by atoms with E-state index in [1.807, 2.05) is 13.3 Å². The minimum absolute atomic E-state index is 0.112. The van der Waals surface area contributed by atoms with Gasteiger partial charge >= 0.3 is 0 Å². The predicted octanol–water partition coefficient (Wildman–Crippen LogP) is 2.33. The summed E-state index contributed by atoms with van der Waals surface area (Å²) in [4.78, 5) is 0. The van der Waals surface area contributed by atoms with Crippen molar-refractivity contribution in [2.75, 3.05) is 20.8 Å². The Morgan fingerprint density at radius 3 is 2.50 bits per heavy atom. The van der Waals surface area contributed by atoms with Crippen molar-refractivity contribution in [2.45, 2.75) is 45.8 Å². The largest absolute Gasteiger partial charge is 0.501 e. The topological polar surface area (TPSA) is 30.5 Å². The molecule has 2 atom stereocenters. The molecule has 0 saturated carbocycles. The van der Waals surface area contributed by atoms with Crippen LogP contribution < -0.4 is 5.32 Å². The van der Waals surface area contributed by atoms with Crippen LogP contribution in [0.25, 0.3) is 0 Å². The Labute approximate surface area is 99.2 Å². The van der Waals surface area contributed by atoms with Crippen molar-refractivity contribution in [1.82, 2.24) is 5.32 Å². The number of nitrogens with one attached hydrogen (secondary N) is 1. The fourth-order valence-electron chi connectivity index (χ4n) is 2.33. The van der Waals surface area contributed by atoms with E-state index in [1.165, 1.54) is 5.57 Å². The summed E-state index contributed by atoms with van der Waals surface area (Å²) >= 11 is 0. The van der Waals surface area contributed by atoms with Crippen molar-refractivity contribution >= 4 is 0 Å². The monoisotopic (exact) mass is 227 g/mol. The molecule has 1 heterocycles. The Morgan fingerprint density at radius 2 is 2.12 bits per heavy atom. The SMILES string of the molecule is CNC(C1=COCCC1)C(OC)C(C)(C)C. The van der Waals surface area contributed by atoms with Crippen LogP contribution in [0, 0.1) is 5.41 Å². The van der Waals surface area contributed by atoms with Gasteiger partial charge in [-0.15, -0.1) is 0 Å². The lowest BCUT2D eigenvalue weighted by Gasteiger charge is -2.37. The number of rotatable bonds is 4. The van der Waals surface area contributed by atoms with E-state index in [-0.39, 0.29) is 17.6 Å². The van der Waals surface area contributed by atoms with E-state index in [2.05, 4.69) is 26.1 Å². The molecular formula is C13H25NO2. The summed E-state index contributed by atoms with van der Waals surface area (Å²) in [6.07, 6.45) is 4.26. The Morgan fingerprint density at radius 1 is 1.44 bits per heavy atom. The first-order valence-corrected chi connectivity index (χ1v) is 6.01. The first kappa shape index (κ1) is 13.5. The van der Waals surface area contributed by atoms with Gasteiger partial charge in [-0.25, -0.2) is 0 Å². The van der Waals surface area contributed by atoms with E-state index in [4.69, 9.17) is 9.47 Å². The molecule has 1 rings (SSSR count). The molecule has 1 aliphatic heterocycles. The van der Waals surface area contributed by atoms with Gasteiger partial charge in [0.05, 0.1) is 25.0 Å². The summed E-state index contributed by atoms with van der Waals surface area (Å²) in [6.45, 7) is 7.45. The van der Waals surface area contributed by atoms with Crippen LogP contribution in [0.5, 0.6) is 0 Å². The third-order valence-electron chi connectivity index (χ3n) is 3.08. The number of hydrogen-bond donors (Lipinski definition) is 1. The summed E-state index contributed by atoms with van der Waals surface area (Å²) in [7, 11) is 3.77. The smallest absolute Gasteiger partial charge is 0.0876 e. The molecule has 0 fully saturated rings. The van der Waals surface area contributed by atoms with Gasteiger partial charge in [-0.1, -0.05) is 20.8 Å². The molecule has 3 nitrogen and oxygen atoms in total. The maximum atomic E-state index is 5.66. The van der Waals surface area contributed by atoms with Crippen LogP contribution in [0.1, 0.15) is 33.6 Å². The van der Waals surface area contributed by atoms with E-state index in [0.717, 1.165) is 19.4 Å². The standard InChI is InChI=1S/C13H25NO2/c1-13(2,3)12(15-5)11(14-4)10-7-6-8-16-9-10/h9,11-12,14H,6-8H2,1-5H3. The van der Waals surface area contributed by atoms with Gasteiger partial charge in [-0.05, 0) is 30.9 Å². The molecule has 3 heteroatoms. The molecule has 1 aliphatic rings. The molecule has 16 heavy (non-hydrogen) atoms. The third kappa shape index (κ3) is 3.22. The molecule has 0 radical (unpaired) electrons. The fourth-order valence-corrected chi connectivity index (χ4v) is 2.33. The van der Waals surface area contributed by atoms with Crippen molar-refractivity contribution in [2.24, 2.45) is 5.41 Å². The molecule has 1 N–H and O–H groups in total. The minimum Gasteiger partial charge on any atom is -0.501 e. The summed E-state index contributed by atoms with van der Waals surface area (Å²) in [5, 5.41) is 3.36. The molecule has 0 amide bonds. The summed E-state index contributed by atoms with van der Waals surface area (Å²) in [5.41, 5.74) is 1.43. The Hall–Kier alpha value is -0.540. The van der Waals surface area contributed by atoms with Crippen LogP contribution in [0.2, 0.25) is 0 Å². The lowest BCUT2D eigenvalue weighted by atomic mass is 9.81. The van der Waals surface area contributed by atoms with Crippen molar-refractivity contribution in [3.8, 4) is 0 Å². The van der Waals surface area contributed by atoms with Gasteiger partial charge in [0.15, 0.2) is 0 Å². The second-order valence-electron chi connectivity index (χ2n) is 5.46. The number of likely N-dealkylation sites (N-methyl/N-ethyl adjacent to an activating group) is 1. The van der Waals surface area contributed by atoms with Crippen LogP contribution in [0.4, 0.5) is 0 Å². The lowest BCUT2D eigenvalue weighted by Crippen LogP contribution is -2.47. The van der Waals surface area contributed by atoms with Crippen LogP contribution in [0.3, 0.4) is 0 Å². The maximum Gasteiger partial charge on any atom is 0.0876 e. The molecule has 0 aromatic carbocycles. The van der Waals surface area contributed by atoms with Gasteiger partial charge in [-0.2, -0.15) is 0 Å². The normalized spacial score (nSPS) is 20.9. The zero-order chi connectivity index (χ0) is 12.2. The Kier molecular flexibility index (Phi) is 4.81. The zero-order valence-corrected chi connectivity index (χ0v) is 11.2. The average Bonchev–Trinajstić information content (AvgIpc) is 2.25. The zero-order valence-electron chi connectivity index (χ0n) is 11.2. The van der Waals surface area contributed by atoms with E-state index in [9.17, 15) is 0 Å². The lowest BCUT2D eigenvalue weighted by molar-refractivity contribution is -0.00323. The quantitative estimate of drug-likeness (QED) is 0.799. The van der Waals surface area contributed by atoms with Crippen molar-refractivity contribution < 1.29 is 9.47 Å². The molecule has 0 bridgehead atoms. The highest BCUT2D eigenvalue weighted by Gasteiger charge is 2.34. The van der Waals surface area contributed by atoms with Crippen LogP contribution >= 0.6 is 0 Å². The van der Waals surface area contributed by atoms with E-state index in [0.29, 0.717) is 0 Å². The maximum absolute atomic E-state index is 5.66. The van der Waals surface area contributed by atoms with Gasteiger partial charge in [0.2, 0.25) is 0 Å². The van der Waals surface area contributed by atoms with Crippen molar-refractivity contribution in [1.29, 1.82) is 0 Å². The van der Waals surface area contributed by atoms with Crippen LogP contribution in [-0.4, -0.2) is 32.9 Å². The predicted molar refractivity (Wildman–Crippen MR) is 66.4 cm³/mol.